The van der Waals surface area contributed by atoms with Gasteiger partial charge >= 0.3 is 5.97 Å². The first-order chi connectivity index (χ1) is 7.50. The summed E-state index contributed by atoms with van der Waals surface area (Å²) in [6.07, 6.45) is -0.192. The van der Waals surface area contributed by atoms with Crippen molar-refractivity contribution in [1.29, 1.82) is 0 Å². The summed E-state index contributed by atoms with van der Waals surface area (Å²) in [4.78, 5) is 44.4. The van der Waals surface area contributed by atoms with Gasteiger partial charge in [0.2, 0.25) is 11.8 Å². The molecule has 0 aromatic carbocycles. The molecule has 0 aromatic rings. The smallest absolute Gasteiger partial charge is 0.305 e. The summed E-state index contributed by atoms with van der Waals surface area (Å²) < 4.78 is 0. The zero-order chi connectivity index (χ0) is 12.1. The normalized spacial score (nSPS) is 15.4. The molecule has 1 aliphatic rings. The molecule has 7 nitrogen and oxygen atoms in total. The second-order valence-corrected chi connectivity index (χ2v) is 3.95. The molecule has 2 N–H and O–H groups in total. The lowest BCUT2D eigenvalue weighted by Crippen LogP contribution is -2.40. The SMILES string of the molecule is O=C(O)CCNC(=O)CN1C(=O)CSC1=O. The van der Waals surface area contributed by atoms with Crippen molar-refractivity contribution in [3.63, 3.8) is 0 Å². The van der Waals surface area contributed by atoms with E-state index in [0.717, 1.165) is 16.7 Å². The molecular formula is C8H10N2O5S. The number of amides is 3. The van der Waals surface area contributed by atoms with Crippen molar-refractivity contribution in [2.45, 2.75) is 6.42 Å². The summed E-state index contributed by atoms with van der Waals surface area (Å²) >= 11 is 0.848. The molecule has 0 radical (unpaired) electrons. The van der Waals surface area contributed by atoms with Gasteiger partial charge in [0.05, 0.1) is 12.2 Å². The van der Waals surface area contributed by atoms with Crippen LogP contribution in [0.1, 0.15) is 6.42 Å². The fourth-order valence-electron chi connectivity index (χ4n) is 1.04. The maximum absolute atomic E-state index is 11.2. The van der Waals surface area contributed by atoms with Crippen LogP contribution in [0.15, 0.2) is 0 Å². The molecule has 0 unspecified atom stereocenters. The largest absolute Gasteiger partial charge is 0.481 e. The van der Waals surface area contributed by atoms with E-state index < -0.39 is 23.0 Å². The van der Waals surface area contributed by atoms with Crippen LogP contribution in [0.5, 0.6) is 0 Å². The van der Waals surface area contributed by atoms with E-state index in [1.54, 1.807) is 0 Å². The number of carbonyl (C=O) groups excluding carboxylic acids is 3. The van der Waals surface area contributed by atoms with Gasteiger partial charge in [-0.3, -0.25) is 24.1 Å². The van der Waals surface area contributed by atoms with Crippen molar-refractivity contribution in [2.24, 2.45) is 0 Å². The summed E-state index contributed by atoms with van der Waals surface area (Å²) in [7, 11) is 0. The highest BCUT2D eigenvalue weighted by Crippen LogP contribution is 2.17. The van der Waals surface area contributed by atoms with Crippen LogP contribution in [-0.2, 0) is 14.4 Å². The zero-order valence-electron chi connectivity index (χ0n) is 8.26. The second kappa shape index (κ2) is 5.50. The maximum Gasteiger partial charge on any atom is 0.305 e. The van der Waals surface area contributed by atoms with Gasteiger partial charge in [-0.25, -0.2) is 0 Å². The Balaban J connectivity index is 2.31. The molecule has 1 aliphatic heterocycles. The minimum absolute atomic E-state index is 0.0163. The van der Waals surface area contributed by atoms with Crippen molar-refractivity contribution >= 4 is 34.8 Å². The molecule has 16 heavy (non-hydrogen) atoms. The Labute approximate surface area is 95.2 Å². The van der Waals surface area contributed by atoms with E-state index in [9.17, 15) is 19.2 Å². The first-order valence-corrected chi connectivity index (χ1v) is 5.45. The van der Waals surface area contributed by atoms with E-state index in [1.807, 2.05) is 0 Å². The first-order valence-electron chi connectivity index (χ1n) is 4.46. The fraction of sp³-hybridized carbons (Fsp3) is 0.500. The summed E-state index contributed by atoms with van der Waals surface area (Å²) in [5.74, 6) is -1.90. The summed E-state index contributed by atoms with van der Waals surface area (Å²) in [5.41, 5.74) is 0. The number of nitrogens with zero attached hydrogens (tertiary/aromatic N) is 1. The molecule has 0 spiro atoms. The highest BCUT2D eigenvalue weighted by Gasteiger charge is 2.31. The lowest BCUT2D eigenvalue weighted by atomic mass is 10.4. The molecule has 88 valence electrons. The lowest BCUT2D eigenvalue weighted by Gasteiger charge is -2.11. The topological polar surface area (TPSA) is 104 Å². The van der Waals surface area contributed by atoms with E-state index in [2.05, 4.69) is 5.32 Å². The average Bonchev–Trinajstić information content (AvgIpc) is 2.49. The fourth-order valence-corrected chi connectivity index (χ4v) is 1.77. The van der Waals surface area contributed by atoms with Crippen molar-refractivity contribution in [3.8, 4) is 0 Å². The molecule has 1 saturated heterocycles. The number of hydrogen-bond acceptors (Lipinski definition) is 5. The van der Waals surface area contributed by atoms with Gasteiger partial charge in [-0.2, -0.15) is 0 Å². The Kier molecular flexibility index (Phi) is 4.29. The third-order valence-corrected chi connectivity index (χ3v) is 2.66. The number of thioether (sulfide) groups is 1. The van der Waals surface area contributed by atoms with Gasteiger partial charge in [0.25, 0.3) is 5.24 Å². The third-order valence-electron chi connectivity index (χ3n) is 1.80. The van der Waals surface area contributed by atoms with Crippen LogP contribution >= 0.6 is 11.8 Å². The number of rotatable bonds is 5. The number of nitrogens with one attached hydrogen (secondary N) is 1. The Morgan fingerprint density at radius 2 is 2.12 bits per heavy atom. The molecule has 1 fully saturated rings. The van der Waals surface area contributed by atoms with E-state index in [0.29, 0.717) is 0 Å². The van der Waals surface area contributed by atoms with Crippen molar-refractivity contribution in [3.05, 3.63) is 0 Å². The molecule has 0 bridgehead atoms. The molecule has 3 amide bonds. The molecule has 0 atom stereocenters. The predicted molar refractivity (Wildman–Crippen MR) is 54.8 cm³/mol. The van der Waals surface area contributed by atoms with E-state index >= 15 is 0 Å². The Hall–Kier alpha value is -1.57. The Bertz CT molecular complexity index is 327. The molecule has 0 saturated carbocycles. The van der Waals surface area contributed by atoms with Gasteiger partial charge in [-0.05, 0) is 0 Å². The molecule has 0 aromatic heterocycles. The molecule has 1 rings (SSSR count). The number of hydrogen-bond donors (Lipinski definition) is 2. The summed E-state index contributed by atoms with van der Waals surface area (Å²) in [5, 5.41) is 10.2. The summed E-state index contributed by atoms with van der Waals surface area (Å²) in [6.45, 7) is -0.359. The van der Waals surface area contributed by atoms with Gasteiger partial charge in [0, 0.05) is 6.54 Å². The van der Waals surface area contributed by atoms with Crippen LogP contribution in [0.4, 0.5) is 4.79 Å². The zero-order valence-corrected chi connectivity index (χ0v) is 9.08. The number of carbonyl (C=O) groups is 4. The molecule has 8 heteroatoms. The Morgan fingerprint density at radius 3 is 2.62 bits per heavy atom. The minimum atomic E-state index is -1.02. The quantitative estimate of drug-likeness (QED) is 0.663. The van der Waals surface area contributed by atoms with E-state index in [-0.39, 0.29) is 25.3 Å². The summed E-state index contributed by atoms with van der Waals surface area (Å²) in [6, 6.07) is 0. The molecule has 0 aliphatic carbocycles. The highest BCUT2D eigenvalue weighted by molar-refractivity contribution is 8.14. The minimum Gasteiger partial charge on any atom is -0.481 e. The van der Waals surface area contributed by atoms with Crippen molar-refractivity contribution in [2.75, 3.05) is 18.8 Å². The van der Waals surface area contributed by atoms with Crippen molar-refractivity contribution < 1.29 is 24.3 Å². The highest BCUT2D eigenvalue weighted by atomic mass is 32.2. The van der Waals surface area contributed by atoms with Gasteiger partial charge in [-0.1, -0.05) is 11.8 Å². The molecule has 1 heterocycles. The number of carboxylic acids is 1. The lowest BCUT2D eigenvalue weighted by molar-refractivity contribution is -0.137. The first kappa shape index (κ1) is 12.5. The van der Waals surface area contributed by atoms with Crippen molar-refractivity contribution in [1.82, 2.24) is 10.2 Å². The third kappa shape index (κ3) is 3.54. The predicted octanol–water partition coefficient (Wildman–Crippen LogP) is -0.727. The second-order valence-electron chi connectivity index (χ2n) is 3.03. The standard InChI is InChI=1S/C8H10N2O5S/c11-5(9-2-1-7(13)14)3-10-6(12)4-16-8(10)15/h1-4H2,(H,9,11)(H,13,14). The number of aliphatic carboxylic acids is 1. The van der Waals surface area contributed by atoms with Crippen LogP contribution in [0.3, 0.4) is 0 Å². The van der Waals surface area contributed by atoms with Crippen LogP contribution in [0.2, 0.25) is 0 Å². The van der Waals surface area contributed by atoms with E-state index in [4.69, 9.17) is 5.11 Å². The average molecular weight is 246 g/mol. The monoisotopic (exact) mass is 246 g/mol. The molecular weight excluding hydrogens is 236 g/mol. The van der Waals surface area contributed by atoms with Gasteiger partial charge < -0.3 is 10.4 Å². The van der Waals surface area contributed by atoms with Gasteiger partial charge in [0.15, 0.2) is 0 Å². The van der Waals surface area contributed by atoms with E-state index in [1.165, 1.54) is 0 Å². The number of imide groups is 1. The van der Waals surface area contributed by atoms with Gasteiger partial charge in [0.1, 0.15) is 6.54 Å². The van der Waals surface area contributed by atoms with Crippen LogP contribution in [0, 0.1) is 0 Å². The van der Waals surface area contributed by atoms with Gasteiger partial charge in [-0.15, -0.1) is 0 Å². The maximum atomic E-state index is 11.2. The van der Waals surface area contributed by atoms with Crippen LogP contribution in [0.25, 0.3) is 0 Å². The Morgan fingerprint density at radius 1 is 1.44 bits per heavy atom. The van der Waals surface area contributed by atoms with Crippen LogP contribution < -0.4 is 5.32 Å². The number of carboxylic acid groups (broad SMARTS) is 1. The van der Waals surface area contributed by atoms with Crippen LogP contribution in [-0.4, -0.2) is 51.9 Å².